The van der Waals surface area contributed by atoms with Gasteiger partial charge in [-0.25, -0.2) is 0 Å². The third-order valence-electron chi connectivity index (χ3n) is 6.69. The molecule has 0 aliphatic heterocycles. The van der Waals surface area contributed by atoms with Gasteiger partial charge >= 0.3 is 0 Å². The number of benzene rings is 4. The largest absolute Gasteiger partial charge is 0.354 e. The van der Waals surface area contributed by atoms with Crippen molar-refractivity contribution in [3.8, 4) is 33.5 Å². The maximum atomic E-state index is 3.85. The number of nitrogens with one attached hydrogen (secondary N) is 1. The van der Waals surface area contributed by atoms with Crippen LogP contribution in [0.2, 0.25) is 0 Å². The molecule has 0 amide bonds. The topological polar surface area (TPSA) is 19.0 Å². The molecule has 0 spiro atoms. The second-order valence-corrected chi connectivity index (χ2v) is 9.63. The Kier molecular flexibility index (Phi) is 5.85. The second kappa shape index (κ2) is 8.96. The van der Waals surface area contributed by atoms with Gasteiger partial charge in [0.15, 0.2) is 0 Å². The maximum absolute atomic E-state index is 3.85. The van der Waals surface area contributed by atoms with Crippen molar-refractivity contribution in [3.05, 3.63) is 107 Å². The molecule has 0 bridgehead atoms. The van der Waals surface area contributed by atoms with Crippen LogP contribution in [0.3, 0.4) is 0 Å². The van der Waals surface area contributed by atoms with Gasteiger partial charge in [0.05, 0.1) is 5.69 Å². The zero-order valence-corrected chi connectivity index (χ0v) is 20.7. The molecule has 1 N–H and O–H groups in total. The SMILES string of the molecule is Cc1ccc(-c2[nH]c3cccc(-c4ccccc4C)c3c2-c2ccccc2C)c(CN(C)C)c1. The highest BCUT2D eigenvalue weighted by atomic mass is 15.0. The summed E-state index contributed by atoms with van der Waals surface area (Å²) < 4.78 is 0. The molecule has 0 aliphatic carbocycles. The summed E-state index contributed by atoms with van der Waals surface area (Å²) in [7, 11) is 4.27. The van der Waals surface area contributed by atoms with Crippen LogP contribution in [-0.2, 0) is 6.54 Å². The Morgan fingerprint density at radius 1 is 0.647 bits per heavy atom. The monoisotopic (exact) mass is 444 g/mol. The summed E-state index contributed by atoms with van der Waals surface area (Å²) in [5.41, 5.74) is 14.0. The van der Waals surface area contributed by atoms with Crippen LogP contribution >= 0.6 is 0 Å². The van der Waals surface area contributed by atoms with E-state index >= 15 is 0 Å². The maximum Gasteiger partial charge on any atom is 0.0548 e. The van der Waals surface area contributed by atoms with Gasteiger partial charge in [0.1, 0.15) is 0 Å². The Morgan fingerprint density at radius 2 is 1.29 bits per heavy atom. The second-order valence-electron chi connectivity index (χ2n) is 9.63. The van der Waals surface area contributed by atoms with E-state index in [1.54, 1.807) is 0 Å². The lowest BCUT2D eigenvalue weighted by Gasteiger charge is -2.17. The number of hydrogen-bond acceptors (Lipinski definition) is 1. The molecule has 2 heteroatoms. The van der Waals surface area contributed by atoms with Gasteiger partial charge in [0.25, 0.3) is 0 Å². The van der Waals surface area contributed by atoms with Crippen LogP contribution in [0.1, 0.15) is 22.3 Å². The molecule has 0 radical (unpaired) electrons. The number of rotatable bonds is 5. The average molecular weight is 445 g/mol. The van der Waals surface area contributed by atoms with Crippen LogP contribution in [0, 0.1) is 20.8 Å². The predicted molar refractivity (Wildman–Crippen MR) is 146 cm³/mol. The number of aryl methyl sites for hydroxylation is 3. The molecule has 0 unspecified atom stereocenters. The van der Waals surface area contributed by atoms with Crippen molar-refractivity contribution in [1.29, 1.82) is 0 Å². The number of nitrogens with zero attached hydrogens (tertiary/aromatic N) is 1. The molecule has 5 rings (SSSR count). The first-order valence-electron chi connectivity index (χ1n) is 12.0. The zero-order chi connectivity index (χ0) is 23.8. The fourth-order valence-electron chi connectivity index (χ4n) is 5.11. The van der Waals surface area contributed by atoms with Crippen molar-refractivity contribution < 1.29 is 0 Å². The standard InChI is InChI=1S/C32H32N2/c1-21-17-18-27(24(19-21)20-34(4)5)32-31(26-14-9-7-12-23(26)3)30-28(15-10-16-29(30)33-32)25-13-8-6-11-22(25)2/h6-19,33H,20H2,1-5H3. The fraction of sp³-hybridized carbons (Fsp3) is 0.188. The van der Waals surface area contributed by atoms with Gasteiger partial charge < -0.3 is 9.88 Å². The molecule has 5 aromatic rings. The van der Waals surface area contributed by atoms with E-state index in [1.165, 1.54) is 66.7 Å². The highest BCUT2D eigenvalue weighted by Crippen LogP contribution is 2.45. The van der Waals surface area contributed by atoms with Crippen molar-refractivity contribution in [1.82, 2.24) is 9.88 Å². The van der Waals surface area contributed by atoms with Crippen molar-refractivity contribution in [2.45, 2.75) is 27.3 Å². The summed E-state index contributed by atoms with van der Waals surface area (Å²) in [6.45, 7) is 7.48. The molecule has 1 aromatic heterocycles. The van der Waals surface area contributed by atoms with Gasteiger partial charge in [-0.05, 0) is 74.3 Å². The number of aromatic nitrogens is 1. The lowest BCUT2D eigenvalue weighted by Crippen LogP contribution is -2.11. The van der Waals surface area contributed by atoms with E-state index in [1.807, 2.05) is 0 Å². The molecule has 0 fully saturated rings. The van der Waals surface area contributed by atoms with E-state index in [-0.39, 0.29) is 0 Å². The predicted octanol–water partition coefficient (Wildman–Crippen LogP) is 8.16. The minimum absolute atomic E-state index is 0.893. The summed E-state index contributed by atoms with van der Waals surface area (Å²) >= 11 is 0. The summed E-state index contributed by atoms with van der Waals surface area (Å²) in [5, 5.41) is 1.29. The van der Waals surface area contributed by atoms with Crippen LogP contribution in [0.15, 0.2) is 84.9 Å². The minimum Gasteiger partial charge on any atom is -0.354 e. The zero-order valence-electron chi connectivity index (χ0n) is 20.7. The average Bonchev–Trinajstić information content (AvgIpc) is 3.19. The van der Waals surface area contributed by atoms with Gasteiger partial charge in [-0.2, -0.15) is 0 Å². The Morgan fingerprint density at radius 3 is 1.97 bits per heavy atom. The molecule has 34 heavy (non-hydrogen) atoms. The minimum atomic E-state index is 0.893. The van der Waals surface area contributed by atoms with Crippen LogP contribution in [-0.4, -0.2) is 24.0 Å². The number of fused-ring (bicyclic) bond motifs is 1. The first-order valence-corrected chi connectivity index (χ1v) is 12.0. The fourth-order valence-corrected chi connectivity index (χ4v) is 5.11. The third kappa shape index (κ3) is 3.95. The molecule has 0 saturated carbocycles. The highest BCUT2D eigenvalue weighted by Gasteiger charge is 2.21. The summed E-state index contributed by atoms with van der Waals surface area (Å²) in [4.78, 5) is 6.09. The van der Waals surface area contributed by atoms with Gasteiger partial charge in [-0.3, -0.25) is 0 Å². The lowest BCUT2D eigenvalue weighted by atomic mass is 9.89. The van der Waals surface area contributed by atoms with Gasteiger partial charge in [0.2, 0.25) is 0 Å². The Labute approximate surface area is 202 Å². The van der Waals surface area contributed by atoms with E-state index in [0.717, 1.165) is 6.54 Å². The van der Waals surface area contributed by atoms with Gasteiger partial charge in [-0.1, -0.05) is 84.4 Å². The van der Waals surface area contributed by atoms with Crippen LogP contribution in [0.5, 0.6) is 0 Å². The molecule has 0 atom stereocenters. The van der Waals surface area contributed by atoms with E-state index < -0.39 is 0 Å². The van der Waals surface area contributed by atoms with Crippen molar-refractivity contribution in [2.24, 2.45) is 0 Å². The molecule has 170 valence electrons. The highest BCUT2D eigenvalue weighted by molar-refractivity contribution is 6.11. The lowest BCUT2D eigenvalue weighted by molar-refractivity contribution is 0.403. The molecule has 1 heterocycles. The van der Waals surface area contributed by atoms with Gasteiger partial charge in [-0.15, -0.1) is 0 Å². The van der Waals surface area contributed by atoms with Crippen LogP contribution < -0.4 is 0 Å². The van der Waals surface area contributed by atoms with Crippen LogP contribution in [0.25, 0.3) is 44.4 Å². The third-order valence-corrected chi connectivity index (χ3v) is 6.69. The normalized spacial score (nSPS) is 11.5. The van der Waals surface area contributed by atoms with Crippen LogP contribution in [0.4, 0.5) is 0 Å². The molecule has 4 aromatic carbocycles. The summed E-state index contributed by atoms with van der Waals surface area (Å²) in [5.74, 6) is 0. The van der Waals surface area contributed by atoms with Crippen molar-refractivity contribution in [2.75, 3.05) is 14.1 Å². The summed E-state index contributed by atoms with van der Waals surface area (Å²) in [6.07, 6.45) is 0. The van der Waals surface area contributed by atoms with Crippen molar-refractivity contribution in [3.63, 3.8) is 0 Å². The van der Waals surface area contributed by atoms with Gasteiger partial charge in [0, 0.05) is 28.6 Å². The first kappa shape index (κ1) is 22.2. The molecular formula is C32H32N2. The number of aromatic amines is 1. The molecule has 0 aliphatic rings. The quantitative estimate of drug-likeness (QED) is 0.290. The van der Waals surface area contributed by atoms with E-state index in [0.29, 0.717) is 0 Å². The van der Waals surface area contributed by atoms with E-state index in [9.17, 15) is 0 Å². The number of H-pyrrole nitrogens is 1. The molecule has 2 nitrogen and oxygen atoms in total. The molecule has 0 saturated heterocycles. The smallest absolute Gasteiger partial charge is 0.0548 e. The Balaban J connectivity index is 1.90. The Hall–Kier alpha value is -3.62. The van der Waals surface area contributed by atoms with E-state index in [2.05, 4.69) is 130 Å². The molecular weight excluding hydrogens is 412 g/mol. The Bertz CT molecular complexity index is 1490. The summed E-state index contributed by atoms with van der Waals surface area (Å²) in [6, 6.07) is 30.9. The number of hydrogen-bond donors (Lipinski definition) is 1. The van der Waals surface area contributed by atoms with E-state index in [4.69, 9.17) is 0 Å². The van der Waals surface area contributed by atoms with Crippen molar-refractivity contribution >= 4 is 10.9 Å². The first-order chi connectivity index (χ1) is 16.4.